The Bertz CT molecular complexity index is 584. The lowest BCUT2D eigenvalue weighted by Crippen LogP contribution is -1.97. The van der Waals surface area contributed by atoms with Gasteiger partial charge in [-0.2, -0.15) is 4.37 Å². The van der Waals surface area contributed by atoms with Crippen LogP contribution in [-0.4, -0.2) is 14.5 Å². The van der Waals surface area contributed by atoms with Crippen molar-refractivity contribution in [3.05, 3.63) is 34.9 Å². The van der Waals surface area contributed by atoms with E-state index in [2.05, 4.69) is 9.36 Å². The highest BCUT2D eigenvalue weighted by Crippen LogP contribution is 2.35. The molecule has 0 saturated heterocycles. The summed E-state index contributed by atoms with van der Waals surface area (Å²) in [7, 11) is 0. The normalized spacial score (nSPS) is 12.7. The van der Waals surface area contributed by atoms with Gasteiger partial charge in [0.05, 0.1) is 6.10 Å². The quantitative estimate of drug-likeness (QED) is 0.933. The van der Waals surface area contributed by atoms with Gasteiger partial charge in [0.2, 0.25) is 0 Å². The summed E-state index contributed by atoms with van der Waals surface area (Å²) in [5.74, 6) is 0.511. The molecule has 6 heteroatoms. The predicted molar refractivity (Wildman–Crippen MR) is 75.2 cm³/mol. The molecule has 0 amide bonds. The first-order valence-electron chi connectivity index (χ1n) is 5.99. The SMILES string of the molecule is CCc1nsc(Sc2cc(C)c(F)cc2C(C)O)n1. The van der Waals surface area contributed by atoms with E-state index in [0.717, 1.165) is 21.5 Å². The predicted octanol–water partition coefficient (Wildman–Crippen LogP) is 3.75. The van der Waals surface area contributed by atoms with Crippen LogP contribution in [0.2, 0.25) is 0 Å². The van der Waals surface area contributed by atoms with Gasteiger partial charge in [-0.1, -0.05) is 18.7 Å². The average molecular weight is 298 g/mol. The largest absolute Gasteiger partial charge is 0.389 e. The smallest absolute Gasteiger partial charge is 0.174 e. The molecule has 0 fully saturated rings. The van der Waals surface area contributed by atoms with Crippen LogP contribution in [0.3, 0.4) is 0 Å². The van der Waals surface area contributed by atoms with E-state index >= 15 is 0 Å². The molecule has 1 N–H and O–H groups in total. The number of halogens is 1. The maximum Gasteiger partial charge on any atom is 0.174 e. The van der Waals surface area contributed by atoms with Gasteiger partial charge in [-0.05, 0) is 48.6 Å². The fraction of sp³-hybridized carbons (Fsp3) is 0.385. The van der Waals surface area contributed by atoms with Crippen molar-refractivity contribution < 1.29 is 9.50 Å². The molecule has 0 spiro atoms. The highest BCUT2D eigenvalue weighted by atomic mass is 32.2. The van der Waals surface area contributed by atoms with Crippen LogP contribution in [0.25, 0.3) is 0 Å². The van der Waals surface area contributed by atoms with Crippen LogP contribution in [0, 0.1) is 12.7 Å². The summed E-state index contributed by atoms with van der Waals surface area (Å²) in [5.41, 5.74) is 1.15. The molecule has 2 aromatic rings. The Kier molecular flexibility index (Phi) is 4.54. The van der Waals surface area contributed by atoms with E-state index in [1.807, 2.05) is 6.92 Å². The first-order chi connectivity index (χ1) is 9.01. The number of hydrogen-bond acceptors (Lipinski definition) is 5. The molecular formula is C13H15FN2OS2. The Balaban J connectivity index is 2.35. The monoisotopic (exact) mass is 298 g/mol. The summed E-state index contributed by atoms with van der Waals surface area (Å²) in [6.45, 7) is 5.34. The van der Waals surface area contributed by atoms with Crippen molar-refractivity contribution in [3.63, 3.8) is 0 Å². The van der Waals surface area contributed by atoms with Gasteiger partial charge in [-0.3, -0.25) is 0 Å². The number of nitrogens with zero attached hydrogens (tertiary/aromatic N) is 2. The molecular weight excluding hydrogens is 283 g/mol. The van der Waals surface area contributed by atoms with Crippen molar-refractivity contribution in [3.8, 4) is 0 Å². The Labute approximate surface area is 120 Å². The van der Waals surface area contributed by atoms with Crippen molar-refractivity contribution in [2.45, 2.75) is 42.5 Å². The minimum Gasteiger partial charge on any atom is -0.389 e. The van der Waals surface area contributed by atoms with E-state index < -0.39 is 6.10 Å². The minimum absolute atomic E-state index is 0.299. The lowest BCUT2D eigenvalue weighted by molar-refractivity contribution is 0.196. The van der Waals surface area contributed by atoms with Crippen LogP contribution >= 0.6 is 23.3 Å². The molecule has 102 valence electrons. The molecule has 1 unspecified atom stereocenters. The van der Waals surface area contributed by atoms with Gasteiger partial charge < -0.3 is 5.11 Å². The van der Waals surface area contributed by atoms with E-state index in [-0.39, 0.29) is 5.82 Å². The molecule has 0 saturated carbocycles. The third-order valence-corrected chi connectivity index (χ3v) is 4.57. The summed E-state index contributed by atoms with van der Waals surface area (Å²) in [6.07, 6.45) is 0.0825. The first kappa shape index (κ1) is 14.4. The van der Waals surface area contributed by atoms with Crippen molar-refractivity contribution in [1.29, 1.82) is 0 Å². The molecule has 1 aromatic heterocycles. The fourth-order valence-corrected chi connectivity index (χ4v) is 3.55. The number of aryl methyl sites for hydroxylation is 2. The second-order valence-electron chi connectivity index (χ2n) is 4.25. The molecule has 0 aliphatic carbocycles. The van der Waals surface area contributed by atoms with Crippen LogP contribution < -0.4 is 0 Å². The van der Waals surface area contributed by atoms with Gasteiger partial charge in [0, 0.05) is 11.3 Å². The van der Waals surface area contributed by atoms with E-state index in [1.54, 1.807) is 19.9 Å². The fourth-order valence-electron chi connectivity index (χ4n) is 1.60. The van der Waals surface area contributed by atoms with Crippen LogP contribution in [0.4, 0.5) is 4.39 Å². The summed E-state index contributed by atoms with van der Waals surface area (Å²) in [4.78, 5) is 5.20. The summed E-state index contributed by atoms with van der Waals surface area (Å²) in [5, 5.41) is 9.74. The lowest BCUT2D eigenvalue weighted by Gasteiger charge is -2.12. The molecule has 3 nitrogen and oxygen atoms in total. The maximum atomic E-state index is 13.6. The highest BCUT2D eigenvalue weighted by Gasteiger charge is 2.14. The standard InChI is InChI=1S/C13H15FN2OS2/c1-4-12-15-13(19-16-12)18-11-5-7(2)10(14)6-9(11)8(3)17/h5-6,8,17H,4H2,1-3H3. The zero-order valence-electron chi connectivity index (χ0n) is 11.0. The molecule has 0 aliphatic heterocycles. The average Bonchev–Trinajstić information content (AvgIpc) is 2.81. The third-order valence-electron chi connectivity index (χ3n) is 2.70. The first-order valence-corrected chi connectivity index (χ1v) is 7.58. The maximum absolute atomic E-state index is 13.6. The summed E-state index contributed by atoms with van der Waals surface area (Å²) >= 11 is 2.75. The zero-order valence-corrected chi connectivity index (χ0v) is 12.6. The number of aliphatic hydroxyl groups excluding tert-OH is 1. The van der Waals surface area contributed by atoms with E-state index in [0.29, 0.717) is 11.1 Å². The summed E-state index contributed by atoms with van der Waals surface area (Å²) in [6, 6.07) is 3.14. The highest BCUT2D eigenvalue weighted by molar-refractivity contribution is 8.01. The molecule has 0 radical (unpaired) electrons. The van der Waals surface area contributed by atoms with Crippen molar-refractivity contribution in [2.24, 2.45) is 0 Å². The Morgan fingerprint density at radius 1 is 1.47 bits per heavy atom. The van der Waals surface area contributed by atoms with Gasteiger partial charge in [-0.15, -0.1) is 0 Å². The van der Waals surface area contributed by atoms with E-state index in [4.69, 9.17) is 0 Å². The number of rotatable bonds is 4. The van der Waals surface area contributed by atoms with Crippen molar-refractivity contribution in [1.82, 2.24) is 9.36 Å². The lowest BCUT2D eigenvalue weighted by atomic mass is 10.1. The van der Waals surface area contributed by atoms with Gasteiger partial charge in [0.25, 0.3) is 0 Å². The Morgan fingerprint density at radius 2 is 2.21 bits per heavy atom. The molecule has 1 heterocycles. The Morgan fingerprint density at radius 3 is 2.79 bits per heavy atom. The summed E-state index contributed by atoms with van der Waals surface area (Å²) < 4.78 is 18.6. The second kappa shape index (κ2) is 5.98. The molecule has 1 atom stereocenters. The van der Waals surface area contributed by atoms with Crippen LogP contribution in [-0.2, 0) is 6.42 Å². The van der Waals surface area contributed by atoms with E-state index in [1.165, 1.54) is 29.4 Å². The van der Waals surface area contributed by atoms with Crippen LogP contribution in [0.5, 0.6) is 0 Å². The molecule has 1 aromatic carbocycles. The van der Waals surface area contributed by atoms with Crippen LogP contribution in [0.1, 0.15) is 36.9 Å². The topological polar surface area (TPSA) is 46.0 Å². The number of aliphatic hydroxyl groups is 1. The van der Waals surface area contributed by atoms with Gasteiger partial charge >= 0.3 is 0 Å². The molecule has 0 aliphatic rings. The third kappa shape index (κ3) is 3.32. The zero-order chi connectivity index (χ0) is 14.0. The number of hydrogen-bond donors (Lipinski definition) is 1. The van der Waals surface area contributed by atoms with Gasteiger partial charge in [0.15, 0.2) is 4.34 Å². The van der Waals surface area contributed by atoms with Crippen molar-refractivity contribution in [2.75, 3.05) is 0 Å². The van der Waals surface area contributed by atoms with Gasteiger partial charge in [0.1, 0.15) is 11.6 Å². The van der Waals surface area contributed by atoms with Crippen LogP contribution in [0.15, 0.2) is 21.4 Å². The number of aromatic nitrogens is 2. The molecule has 0 bridgehead atoms. The van der Waals surface area contributed by atoms with E-state index in [9.17, 15) is 9.50 Å². The second-order valence-corrected chi connectivity index (χ2v) is 6.29. The van der Waals surface area contributed by atoms with Gasteiger partial charge in [-0.25, -0.2) is 9.37 Å². The molecule has 19 heavy (non-hydrogen) atoms. The molecule has 2 rings (SSSR count). The van der Waals surface area contributed by atoms with Crippen molar-refractivity contribution >= 4 is 23.3 Å². The minimum atomic E-state index is -0.712. The number of benzene rings is 1. The Hall–Kier alpha value is -0.980.